The first-order valence-electron chi connectivity index (χ1n) is 8.73. The second-order valence-electron chi connectivity index (χ2n) is 7.13. The lowest BCUT2D eigenvalue weighted by molar-refractivity contribution is 0.187. The summed E-state index contributed by atoms with van der Waals surface area (Å²) in [5.41, 5.74) is 1.44. The van der Waals surface area contributed by atoms with Crippen LogP contribution in [0.3, 0.4) is 0 Å². The third kappa shape index (κ3) is 3.84. The Hall–Kier alpha value is -2.50. The number of carbonyl (C=O) groups excluding carboxylic acids is 1. The Bertz CT molecular complexity index is 820. The van der Waals surface area contributed by atoms with Gasteiger partial charge in [0.05, 0.1) is 5.54 Å². The van der Waals surface area contributed by atoms with E-state index < -0.39 is 17.2 Å². The van der Waals surface area contributed by atoms with Gasteiger partial charge in [-0.25, -0.2) is 13.6 Å². The first-order chi connectivity index (χ1) is 12.3. The van der Waals surface area contributed by atoms with E-state index in [4.69, 9.17) is 0 Å². The van der Waals surface area contributed by atoms with Gasteiger partial charge in [-0.15, -0.1) is 0 Å². The predicted octanol–water partition coefficient (Wildman–Crippen LogP) is 3.93. The van der Waals surface area contributed by atoms with Gasteiger partial charge >= 0.3 is 6.03 Å². The van der Waals surface area contributed by atoms with E-state index in [-0.39, 0.29) is 17.6 Å². The van der Waals surface area contributed by atoms with Crippen molar-refractivity contribution in [3.05, 3.63) is 65.0 Å². The summed E-state index contributed by atoms with van der Waals surface area (Å²) in [6, 6.07) is 6.89. The summed E-state index contributed by atoms with van der Waals surface area (Å²) < 4.78 is 27.6. The quantitative estimate of drug-likeness (QED) is 0.879. The number of carbonyl (C=O) groups is 1. The number of urea groups is 1. The topological polar surface area (TPSA) is 45.2 Å². The molecule has 3 rings (SSSR count). The van der Waals surface area contributed by atoms with Crippen LogP contribution in [0.25, 0.3) is 0 Å². The minimum absolute atomic E-state index is 0.0857. The van der Waals surface area contributed by atoms with Crippen LogP contribution in [0.15, 0.2) is 36.5 Å². The number of amides is 2. The van der Waals surface area contributed by atoms with Gasteiger partial charge in [-0.1, -0.05) is 0 Å². The Morgan fingerprint density at radius 3 is 2.69 bits per heavy atom. The monoisotopic (exact) mass is 359 g/mol. The number of halogens is 2. The van der Waals surface area contributed by atoms with Crippen molar-refractivity contribution in [1.29, 1.82) is 0 Å². The van der Waals surface area contributed by atoms with Crippen LogP contribution in [0, 0.1) is 18.6 Å². The number of aromatic nitrogens is 1. The smallest absolute Gasteiger partial charge is 0.318 e. The van der Waals surface area contributed by atoms with Crippen LogP contribution in [0.1, 0.15) is 36.6 Å². The van der Waals surface area contributed by atoms with Crippen molar-refractivity contribution in [2.75, 3.05) is 7.05 Å². The minimum atomic E-state index is -0.807. The van der Waals surface area contributed by atoms with Crippen LogP contribution in [0.4, 0.5) is 13.6 Å². The molecule has 0 unspecified atom stereocenters. The lowest BCUT2D eigenvalue weighted by atomic mass is 10.0. The fourth-order valence-corrected chi connectivity index (χ4v) is 3.09. The van der Waals surface area contributed by atoms with Crippen LogP contribution in [0.5, 0.6) is 0 Å². The van der Waals surface area contributed by atoms with Crippen molar-refractivity contribution in [1.82, 2.24) is 15.2 Å². The molecule has 2 amide bonds. The summed E-state index contributed by atoms with van der Waals surface area (Å²) in [6.07, 6.45) is 3.57. The van der Waals surface area contributed by atoms with Crippen LogP contribution < -0.4 is 5.32 Å². The zero-order valence-corrected chi connectivity index (χ0v) is 15.2. The molecule has 0 aliphatic heterocycles. The van der Waals surface area contributed by atoms with Crippen LogP contribution in [-0.4, -0.2) is 29.0 Å². The first-order valence-corrected chi connectivity index (χ1v) is 8.73. The zero-order chi connectivity index (χ0) is 18.9. The maximum Gasteiger partial charge on any atom is 0.318 e. The normalized spacial score (nSPS) is 16.0. The molecule has 1 N–H and O–H groups in total. The number of rotatable bonds is 5. The summed E-state index contributed by atoms with van der Waals surface area (Å²) in [6.45, 7) is 3.93. The molecule has 138 valence electrons. The van der Waals surface area contributed by atoms with Crippen molar-refractivity contribution in [2.45, 2.75) is 44.7 Å². The predicted molar refractivity (Wildman–Crippen MR) is 95.7 cm³/mol. The molecule has 6 heteroatoms. The maximum atomic E-state index is 14.1. The molecule has 1 heterocycles. The molecule has 0 spiro atoms. The molecule has 1 atom stereocenters. The zero-order valence-electron chi connectivity index (χ0n) is 15.2. The Kier molecular flexibility index (Phi) is 4.94. The van der Waals surface area contributed by atoms with Crippen LogP contribution in [0.2, 0.25) is 0 Å². The van der Waals surface area contributed by atoms with Gasteiger partial charge in [0.1, 0.15) is 11.6 Å². The maximum absolute atomic E-state index is 14.1. The Morgan fingerprint density at radius 1 is 1.31 bits per heavy atom. The Labute approximate surface area is 152 Å². The van der Waals surface area contributed by atoms with Gasteiger partial charge in [-0.05, 0) is 62.6 Å². The SMILES string of the molecule is Cc1ccnc(C[C@@H](C)N(C)C(=O)NC2(c3cc(F)ccc3F)CC2)c1. The summed E-state index contributed by atoms with van der Waals surface area (Å²) in [5.74, 6) is -1.00. The summed E-state index contributed by atoms with van der Waals surface area (Å²) in [7, 11) is 1.70. The third-order valence-corrected chi connectivity index (χ3v) is 5.00. The lowest BCUT2D eigenvalue weighted by Gasteiger charge is -2.28. The summed E-state index contributed by atoms with van der Waals surface area (Å²) in [4.78, 5) is 18.6. The molecule has 1 aliphatic rings. The second-order valence-corrected chi connectivity index (χ2v) is 7.13. The summed E-state index contributed by atoms with van der Waals surface area (Å²) in [5, 5.41) is 2.89. The van der Waals surface area contributed by atoms with Gasteiger partial charge in [-0.2, -0.15) is 0 Å². The van der Waals surface area contributed by atoms with E-state index in [9.17, 15) is 13.6 Å². The number of pyridine rings is 1. The molecule has 4 nitrogen and oxygen atoms in total. The number of nitrogens with one attached hydrogen (secondary N) is 1. The van der Waals surface area contributed by atoms with Crippen molar-refractivity contribution in [3.8, 4) is 0 Å². The van der Waals surface area contributed by atoms with Gasteiger partial charge in [0.15, 0.2) is 0 Å². The van der Waals surface area contributed by atoms with E-state index in [1.807, 2.05) is 26.0 Å². The number of likely N-dealkylation sites (N-methyl/N-ethyl adjacent to an activating group) is 1. The first kappa shape index (κ1) is 18.3. The molecule has 26 heavy (non-hydrogen) atoms. The molecule has 1 fully saturated rings. The molecule has 1 aromatic heterocycles. The lowest BCUT2D eigenvalue weighted by Crippen LogP contribution is -2.47. The molecular weight excluding hydrogens is 336 g/mol. The van der Waals surface area contributed by atoms with Crippen molar-refractivity contribution < 1.29 is 13.6 Å². The van der Waals surface area contributed by atoms with Gasteiger partial charge in [0, 0.05) is 37.0 Å². The van der Waals surface area contributed by atoms with Gasteiger partial charge in [0.2, 0.25) is 0 Å². The number of nitrogens with zero attached hydrogens (tertiary/aromatic N) is 2. The van der Waals surface area contributed by atoms with E-state index in [2.05, 4.69) is 10.3 Å². The minimum Gasteiger partial charge on any atom is -0.328 e. The van der Waals surface area contributed by atoms with Crippen LogP contribution >= 0.6 is 0 Å². The standard InChI is InChI=1S/C20H23F2N3O/c1-13-6-9-23-16(10-13)11-14(2)25(3)19(26)24-20(7-8-20)17-12-15(21)4-5-18(17)22/h4-6,9-10,12,14H,7-8,11H2,1-3H3,(H,24,26)/t14-/m1/s1. The fourth-order valence-electron chi connectivity index (χ4n) is 3.09. The third-order valence-electron chi connectivity index (χ3n) is 5.00. The highest BCUT2D eigenvalue weighted by atomic mass is 19.1. The molecule has 1 saturated carbocycles. The van der Waals surface area contributed by atoms with Crippen molar-refractivity contribution >= 4 is 6.03 Å². The number of hydrogen-bond donors (Lipinski definition) is 1. The number of benzene rings is 1. The highest BCUT2D eigenvalue weighted by Crippen LogP contribution is 2.46. The molecule has 0 bridgehead atoms. The summed E-state index contributed by atoms with van der Waals surface area (Å²) >= 11 is 0. The molecule has 0 saturated heterocycles. The largest absolute Gasteiger partial charge is 0.328 e. The van der Waals surface area contributed by atoms with Gasteiger partial charge in [0.25, 0.3) is 0 Å². The molecule has 2 aromatic rings. The van der Waals surface area contributed by atoms with E-state index in [1.165, 1.54) is 6.07 Å². The number of aryl methyl sites for hydroxylation is 1. The Balaban J connectivity index is 1.68. The molecule has 0 radical (unpaired) electrons. The van der Waals surface area contributed by atoms with E-state index >= 15 is 0 Å². The Morgan fingerprint density at radius 2 is 2.04 bits per heavy atom. The van der Waals surface area contributed by atoms with Gasteiger partial charge in [-0.3, -0.25) is 4.98 Å². The number of hydrogen-bond acceptors (Lipinski definition) is 2. The van der Waals surface area contributed by atoms with Gasteiger partial charge < -0.3 is 10.2 Å². The van der Waals surface area contributed by atoms with E-state index in [0.29, 0.717) is 19.3 Å². The fraction of sp³-hybridized carbons (Fsp3) is 0.400. The van der Waals surface area contributed by atoms with E-state index in [1.54, 1.807) is 18.1 Å². The molecule has 1 aromatic carbocycles. The van der Waals surface area contributed by atoms with Crippen LogP contribution in [-0.2, 0) is 12.0 Å². The van der Waals surface area contributed by atoms with Crippen molar-refractivity contribution in [3.63, 3.8) is 0 Å². The van der Waals surface area contributed by atoms with Crippen molar-refractivity contribution in [2.24, 2.45) is 0 Å². The average Bonchev–Trinajstić information content (AvgIpc) is 3.36. The second kappa shape index (κ2) is 7.02. The highest BCUT2D eigenvalue weighted by Gasteiger charge is 2.48. The molecule has 1 aliphatic carbocycles. The van der Waals surface area contributed by atoms with E-state index in [0.717, 1.165) is 23.4 Å². The molecular formula is C20H23F2N3O. The highest BCUT2D eigenvalue weighted by molar-refractivity contribution is 5.76. The average molecular weight is 359 g/mol.